The fourth-order valence-corrected chi connectivity index (χ4v) is 1.03. The molecule has 0 radical (unpaired) electrons. The predicted molar refractivity (Wildman–Crippen MR) is 51.0 cm³/mol. The van der Waals surface area contributed by atoms with E-state index in [9.17, 15) is 4.79 Å². The summed E-state index contributed by atoms with van der Waals surface area (Å²) in [7, 11) is 1.42. The maximum atomic E-state index is 10.7. The van der Waals surface area contributed by atoms with Crippen LogP contribution in [0.25, 0.3) is 0 Å². The van der Waals surface area contributed by atoms with Crippen LogP contribution in [-0.2, 0) is 9.53 Å². The van der Waals surface area contributed by atoms with Crippen molar-refractivity contribution in [3.8, 4) is 0 Å². The molecule has 0 amide bonds. The van der Waals surface area contributed by atoms with E-state index in [1.165, 1.54) is 7.11 Å². The number of carbonyl (C=O) groups excluding carboxylic acids is 1. The lowest BCUT2D eigenvalue weighted by Gasteiger charge is -2.04. The van der Waals surface area contributed by atoms with Gasteiger partial charge in [0.25, 0.3) is 0 Å². The third-order valence-corrected chi connectivity index (χ3v) is 1.55. The second-order valence-electron chi connectivity index (χ2n) is 2.17. The molecule has 66 valence electrons. The molecule has 0 bridgehead atoms. The van der Waals surface area contributed by atoms with Gasteiger partial charge in [-0.1, -0.05) is 0 Å². The van der Waals surface area contributed by atoms with Crippen molar-refractivity contribution in [1.82, 2.24) is 5.32 Å². The lowest BCUT2D eigenvalue weighted by atomic mass is 10.2. The molecule has 1 aliphatic rings. The first-order chi connectivity index (χ1) is 5.34. The molecule has 1 aliphatic heterocycles. The second kappa shape index (κ2) is 6.82. The van der Waals surface area contributed by atoms with E-state index >= 15 is 0 Å². The summed E-state index contributed by atoms with van der Waals surface area (Å²) in [6.45, 7) is 0.944. The number of rotatable bonds is 1. The summed E-state index contributed by atoms with van der Waals surface area (Å²) in [5.41, 5.74) is 0. The summed E-state index contributed by atoms with van der Waals surface area (Å²) in [5.74, 6) is -0.132. The van der Waals surface area contributed by atoms with E-state index in [-0.39, 0.29) is 12.0 Å². The van der Waals surface area contributed by atoms with Gasteiger partial charge in [-0.15, -0.1) is 23.3 Å². The maximum Gasteiger partial charge on any atom is 0.322 e. The van der Waals surface area contributed by atoms with Crippen LogP contribution >= 0.6 is 23.3 Å². The van der Waals surface area contributed by atoms with Crippen LogP contribution in [0.3, 0.4) is 0 Å². The van der Waals surface area contributed by atoms with Gasteiger partial charge in [0.1, 0.15) is 6.04 Å². The van der Waals surface area contributed by atoms with Gasteiger partial charge in [0.15, 0.2) is 0 Å². The largest absolute Gasteiger partial charge is 0.468 e. The summed E-state index contributed by atoms with van der Waals surface area (Å²) >= 11 is 6.44. The Bertz CT molecular complexity index is 115. The molecular weight excluding hydrogens is 182 g/mol. The maximum absolute atomic E-state index is 10.7. The van der Waals surface area contributed by atoms with Crippen molar-refractivity contribution >= 4 is 29.3 Å². The molecule has 0 unspecified atom stereocenters. The van der Waals surface area contributed by atoms with Crippen LogP contribution in [-0.4, -0.2) is 25.7 Å². The van der Waals surface area contributed by atoms with Crippen LogP contribution in [0.2, 0.25) is 0 Å². The summed E-state index contributed by atoms with van der Waals surface area (Å²) in [6, 6.07) is -0.0324. The number of nitrogens with one attached hydrogen (secondary N) is 1. The number of methoxy groups -OCH3 is 1. The molecule has 1 heterocycles. The number of esters is 1. The van der Waals surface area contributed by atoms with Crippen molar-refractivity contribution in [2.45, 2.75) is 18.9 Å². The highest BCUT2D eigenvalue weighted by atomic mass is 33.1. The van der Waals surface area contributed by atoms with Crippen LogP contribution < -0.4 is 5.32 Å². The number of ether oxygens (including phenoxy) is 1. The Morgan fingerprint density at radius 1 is 1.64 bits per heavy atom. The SMILES string of the molecule is COC(=O)[C@@H]1CCCN1.SS. The van der Waals surface area contributed by atoms with Crippen molar-refractivity contribution < 1.29 is 9.53 Å². The van der Waals surface area contributed by atoms with Gasteiger partial charge in [-0.25, -0.2) is 0 Å². The molecule has 0 spiro atoms. The molecule has 1 atom stereocenters. The summed E-state index contributed by atoms with van der Waals surface area (Å²) in [5, 5.41) is 3.03. The second-order valence-corrected chi connectivity index (χ2v) is 2.17. The Morgan fingerprint density at radius 2 is 2.27 bits per heavy atom. The van der Waals surface area contributed by atoms with E-state index in [0.29, 0.717) is 0 Å². The molecule has 11 heavy (non-hydrogen) atoms. The van der Waals surface area contributed by atoms with Gasteiger partial charge in [0.05, 0.1) is 7.11 Å². The van der Waals surface area contributed by atoms with Crippen LogP contribution in [0.5, 0.6) is 0 Å². The Morgan fingerprint density at radius 3 is 2.64 bits per heavy atom. The van der Waals surface area contributed by atoms with Crippen LogP contribution in [0, 0.1) is 0 Å². The number of hydrogen-bond donors (Lipinski definition) is 3. The van der Waals surface area contributed by atoms with E-state index in [0.717, 1.165) is 19.4 Å². The smallest absolute Gasteiger partial charge is 0.322 e. The molecule has 1 fully saturated rings. The van der Waals surface area contributed by atoms with Gasteiger partial charge in [-0.05, 0) is 19.4 Å². The molecular formula is C6H13NO2S2. The van der Waals surface area contributed by atoms with Gasteiger partial charge in [-0.3, -0.25) is 4.79 Å². The lowest BCUT2D eigenvalue weighted by molar-refractivity contribution is -0.142. The van der Waals surface area contributed by atoms with E-state index < -0.39 is 0 Å². The van der Waals surface area contributed by atoms with E-state index in [1.807, 2.05) is 0 Å². The molecule has 1 rings (SSSR count). The monoisotopic (exact) mass is 195 g/mol. The third kappa shape index (κ3) is 3.88. The fraction of sp³-hybridized carbons (Fsp3) is 0.833. The highest BCUT2D eigenvalue weighted by Gasteiger charge is 2.21. The molecule has 5 heteroatoms. The number of hydrogen-bond acceptors (Lipinski definition) is 5. The van der Waals surface area contributed by atoms with Gasteiger partial charge in [0.2, 0.25) is 0 Å². The molecule has 0 aromatic carbocycles. The summed E-state index contributed by atoms with van der Waals surface area (Å²) < 4.78 is 4.53. The summed E-state index contributed by atoms with van der Waals surface area (Å²) in [4.78, 5) is 10.7. The minimum atomic E-state index is -0.132. The molecule has 3 nitrogen and oxygen atoms in total. The normalized spacial score (nSPS) is 21.9. The first kappa shape index (κ1) is 11.1. The van der Waals surface area contributed by atoms with Crippen LogP contribution in [0.1, 0.15) is 12.8 Å². The topological polar surface area (TPSA) is 38.3 Å². The first-order valence-corrected chi connectivity index (χ1v) is 4.96. The molecule has 1 saturated heterocycles. The standard InChI is InChI=1S/C6H11NO2.H2S2/c1-9-6(8)5-3-2-4-7-5;1-2/h5,7H,2-4H2,1H3;1-2H/t5-;/m0./s1. The predicted octanol–water partition coefficient (Wildman–Crippen LogP) is 0.672. The van der Waals surface area contributed by atoms with Crippen molar-refractivity contribution in [3.05, 3.63) is 0 Å². The van der Waals surface area contributed by atoms with E-state index in [4.69, 9.17) is 0 Å². The minimum Gasteiger partial charge on any atom is -0.468 e. The van der Waals surface area contributed by atoms with Crippen molar-refractivity contribution in [2.75, 3.05) is 13.7 Å². The van der Waals surface area contributed by atoms with Gasteiger partial charge < -0.3 is 10.1 Å². The quantitative estimate of drug-likeness (QED) is 0.327. The average Bonchev–Trinajstić information content (AvgIpc) is 2.59. The Kier molecular flexibility index (Phi) is 6.90. The zero-order valence-corrected chi connectivity index (χ0v) is 8.20. The van der Waals surface area contributed by atoms with E-state index in [1.54, 1.807) is 0 Å². The van der Waals surface area contributed by atoms with Crippen molar-refractivity contribution in [1.29, 1.82) is 0 Å². The van der Waals surface area contributed by atoms with Crippen molar-refractivity contribution in [3.63, 3.8) is 0 Å². The highest BCUT2D eigenvalue weighted by Crippen LogP contribution is 2.05. The summed E-state index contributed by atoms with van der Waals surface area (Å²) in [6.07, 6.45) is 2.01. The Labute approximate surface area is 77.1 Å². The minimum absolute atomic E-state index is 0.0324. The molecule has 0 aliphatic carbocycles. The Balaban J connectivity index is 0.000000461. The molecule has 0 aromatic rings. The number of thiol groups is 2. The lowest BCUT2D eigenvalue weighted by Crippen LogP contribution is -2.31. The average molecular weight is 195 g/mol. The van der Waals surface area contributed by atoms with E-state index in [2.05, 4.69) is 33.4 Å². The third-order valence-electron chi connectivity index (χ3n) is 1.55. The van der Waals surface area contributed by atoms with Crippen molar-refractivity contribution in [2.24, 2.45) is 0 Å². The Hall–Kier alpha value is 0.130. The molecule has 0 saturated carbocycles. The van der Waals surface area contributed by atoms with Crippen LogP contribution in [0.4, 0.5) is 0 Å². The number of carbonyl (C=O) groups is 1. The first-order valence-electron chi connectivity index (χ1n) is 3.36. The highest BCUT2D eigenvalue weighted by molar-refractivity contribution is 8.59. The van der Waals surface area contributed by atoms with Gasteiger partial charge in [0, 0.05) is 0 Å². The van der Waals surface area contributed by atoms with Gasteiger partial charge in [-0.2, -0.15) is 0 Å². The molecule has 1 N–H and O–H groups in total. The fourth-order valence-electron chi connectivity index (χ4n) is 1.03. The van der Waals surface area contributed by atoms with Gasteiger partial charge >= 0.3 is 5.97 Å². The zero-order chi connectivity index (χ0) is 8.69. The van der Waals surface area contributed by atoms with Crippen LogP contribution in [0.15, 0.2) is 0 Å². The molecule has 0 aromatic heterocycles. The zero-order valence-electron chi connectivity index (χ0n) is 6.41.